The fourth-order valence-electron chi connectivity index (χ4n) is 1.24. The van der Waals surface area contributed by atoms with E-state index >= 15 is 0 Å². The summed E-state index contributed by atoms with van der Waals surface area (Å²) in [7, 11) is 0. The first-order valence-electron chi connectivity index (χ1n) is 4.37. The lowest BCUT2D eigenvalue weighted by atomic mass is 10.3. The van der Waals surface area contributed by atoms with Gasteiger partial charge in [0.25, 0.3) is 0 Å². The molecule has 2 aromatic rings. The van der Waals surface area contributed by atoms with Gasteiger partial charge in [-0.1, -0.05) is 0 Å². The second-order valence-electron chi connectivity index (χ2n) is 3.04. The average molecular weight is 224 g/mol. The predicted octanol–water partition coefficient (Wildman–Crippen LogP) is 3.31. The van der Waals surface area contributed by atoms with Gasteiger partial charge in [-0.2, -0.15) is 0 Å². The van der Waals surface area contributed by atoms with E-state index < -0.39 is 0 Å². The molecule has 14 heavy (non-hydrogen) atoms. The highest BCUT2D eigenvalue weighted by atomic mass is 32.1. The van der Waals surface area contributed by atoms with Crippen molar-refractivity contribution in [3.8, 4) is 0 Å². The first kappa shape index (κ1) is 9.55. The Balaban J connectivity index is 2.02. The van der Waals surface area contributed by atoms with Crippen LogP contribution in [0.25, 0.3) is 0 Å². The number of rotatable bonds is 3. The van der Waals surface area contributed by atoms with Gasteiger partial charge in [-0.25, -0.2) is 0 Å². The molecule has 74 valence electrons. The maximum absolute atomic E-state index is 5.79. The van der Waals surface area contributed by atoms with E-state index in [9.17, 15) is 0 Å². The average Bonchev–Trinajstić information content (AvgIpc) is 2.72. The van der Waals surface area contributed by atoms with E-state index in [4.69, 9.17) is 5.73 Å². The van der Waals surface area contributed by atoms with Gasteiger partial charge in [0.2, 0.25) is 0 Å². The van der Waals surface area contributed by atoms with Crippen molar-refractivity contribution in [2.75, 3.05) is 11.1 Å². The molecule has 0 aliphatic rings. The highest BCUT2D eigenvalue weighted by Gasteiger charge is 2.02. The molecule has 0 fully saturated rings. The molecule has 0 amide bonds. The Morgan fingerprint density at radius 2 is 2.07 bits per heavy atom. The third-order valence-corrected chi connectivity index (χ3v) is 3.86. The van der Waals surface area contributed by atoms with Crippen molar-refractivity contribution in [2.45, 2.75) is 13.5 Å². The van der Waals surface area contributed by atoms with Gasteiger partial charge >= 0.3 is 0 Å². The summed E-state index contributed by atoms with van der Waals surface area (Å²) in [6.07, 6.45) is 0. The van der Waals surface area contributed by atoms with Crippen LogP contribution in [0.2, 0.25) is 0 Å². The molecule has 2 nitrogen and oxygen atoms in total. The van der Waals surface area contributed by atoms with Gasteiger partial charge in [-0.15, -0.1) is 22.7 Å². The molecule has 0 saturated heterocycles. The molecule has 0 radical (unpaired) electrons. The number of thiophene rings is 2. The van der Waals surface area contributed by atoms with Crippen LogP contribution in [0.15, 0.2) is 22.9 Å². The largest absolute Gasteiger partial charge is 0.398 e. The first-order chi connectivity index (χ1) is 6.77. The number of hydrogen-bond acceptors (Lipinski definition) is 4. The van der Waals surface area contributed by atoms with Crippen LogP contribution in [-0.2, 0) is 6.54 Å². The van der Waals surface area contributed by atoms with E-state index in [1.54, 1.807) is 22.7 Å². The van der Waals surface area contributed by atoms with E-state index in [2.05, 4.69) is 23.7 Å². The Hall–Kier alpha value is -1.00. The molecule has 0 aliphatic heterocycles. The van der Waals surface area contributed by atoms with Gasteiger partial charge in [0, 0.05) is 21.1 Å². The summed E-state index contributed by atoms with van der Waals surface area (Å²) >= 11 is 3.45. The lowest BCUT2D eigenvalue weighted by Crippen LogP contribution is -1.99. The smallest absolute Gasteiger partial charge is 0.0515 e. The molecular formula is C10H12N2S2. The fourth-order valence-corrected chi connectivity index (χ4v) is 2.65. The van der Waals surface area contributed by atoms with E-state index in [0.717, 1.165) is 12.2 Å². The third-order valence-electron chi connectivity index (χ3n) is 2.08. The molecule has 0 aliphatic carbocycles. The molecule has 0 bridgehead atoms. The van der Waals surface area contributed by atoms with E-state index in [0.29, 0.717) is 0 Å². The van der Waals surface area contributed by atoms with Crippen molar-refractivity contribution in [1.29, 1.82) is 0 Å². The lowest BCUT2D eigenvalue weighted by Gasteiger charge is -2.04. The van der Waals surface area contributed by atoms with Gasteiger partial charge < -0.3 is 11.1 Å². The molecule has 0 unspecified atom stereocenters. The highest BCUT2D eigenvalue weighted by molar-refractivity contribution is 7.10. The first-order valence-corrected chi connectivity index (χ1v) is 6.13. The Kier molecular flexibility index (Phi) is 2.74. The second kappa shape index (κ2) is 4.02. The van der Waals surface area contributed by atoms with Gasteiger partial charge in [-0.05, 0) is 29.8 Å². The van der Waals surface area contributed by atoms with Crippen LogP contribution in [0.5, 0.6) is 0 Å². The zero-order valence-corrected chi connectivity index (χ0v) is 9.54. The number of hydrogen-bond donors (Lipinski definition) is 2. The summed E-state index contributed by atoms with van der Waals surface area (Å²) in [6, 6.07) is 4.05. The highest BCUT2D eigenvalue weighted by Crippen LogP contribution is 2.24. The zero-order chi connectivity index (χ0) is 9.97. The van der Waals surface area contributed by atoms with Crippen molar-refractivity contribution in [3.63, 3.8) is 0 Å². The zero-order valence-electron chi connectivity index (χ0n) is 7.91. The molecule has 4 heteroatoms. The quantitative estimate of drug-likeness (QED) is 0.839. The van der Waals surface area contributed by atoms with Crippen molar-refractivity contribution in [1.82, 2.24) is 0 Å². The normalized spacial score (nSPS) is 10.4. The maximum Gasteiger partial charge on any atom is 0.0515 e. The number of aryl methyl sites for hydroxylation is 1. The van der Waals surface area contributed by atoms with Crippen molar-refractivity contribution in [2.24, 2.45) is 0 Å². The van der Waals surface area contributed by atoms with Gasteiger partial charge in [0.15, 0.2) is 0 Å². The topological polar surface area (TPSA) is 38.0 Å². The monoisotopic (exact) mass is 224 g/mol. The number of nitrogens with one attached hydrogen (secondary N) is 1. The van der Waals surface area contributed by atoms with Crippen molar-refractivity contribution < 1.29 is 0 Å². The van der Waals surface area contributed by atoms with Crippen LogP contribution in [0.1, 0.15) is 9.75 Å². The third kappa shape index (κ3) is 1.91. The Morgan fingerprint density at radius 1 is 1.29 bits per heavy atom. The summed E-state index contributed by atoms with van der Waals surface area (Å²) in [5.74, 6) is 0. The maximum atomic E-state index is 5.79. The summed E-state index contributed by atoms with van der Waals surface area (Å²) in [4.78, 5) is 2.52. The molecule has 0 saturated carbocycles. The summed E-state index contributed by atoms with van der Waals surface area (Å²) in [5.41, 5.74) is 7.89. The molecule has 0 atom stereocenters. The van der Waals surface area contributed by atoms with Gasteiger partial charge in [0.05, 0.1) is 6.54 Å². The Labute approximate surface area is 91.4 Å². The van der Waals surface area contributed by atoms with Crippen LogP contribution in [0.3, 0.4) is 0 Å². The van der Waals surface area contributed by atoms with Gasteiger partial charge in [0.1, 0.15) is 0 Å². The van der Waals surface area contributed by atoms with Crippen molar-refractivity contribution >= 4 is 34.0 Å². The van der Waals surface area contributed by atoms with E-state index in [1.165, 1.54) is 15.4 Å². The second-order valence-corrected chi connectivity index (χ2v) is 5.16. The number of nitrogen functional groups attached to an aromatic ring is 1. The van der Waals surface area contributed by atoms with Crippen LogP contribution >= 0.6 is 22.7 Å². The van der Waals surface area contributed by atoms with Gasteiger partial charge in [-0.3, -0.25) is 0 Å². The standard InChI is InChI=1S/C10H12N2S2/c1-7-9(3-5-13-7)12-6-10-8(11)2-4-14-10/h2-5,12H,6,11H2,1H3. The van der Waals surface area contributed by atoms with Crippen LogP contribution in [-0.4, -0.2) is 0 Å². The molecule has 0 spiro atoms. The molecule has 3 N–H and O–H groups in total. The minimum absolute atomic E-state index is 0.821. The molecule has 0 aromatic carbocycles. The van der Waals surface area contributed by atoms with Crippen LogP contribution in [0.4, 0.5) is 11.4 Å². The van der Waals surface area contributed by atoms with E-state index in [-0.39, 0.29) is 0 Å². The Bertz CT molecular complexity index is 377. The van der Waals surface area contributed by atoms with Crippen molar-refractivity contribution in [3.05, 3.63) is 32.6 Å². The molecule has 2 aromatic heterocycles. The summed E-state index contributed by atoms with van der Waals surface area (Å²) in [5, 5.41) is 7.49. The number of anilines is 2. The molecule has 2 heterocycles. The minimum atomic E-state index is 0.821. The predicted molar refractivity (Wildman–Crippen MR) is 65.1 cm³/mol. The van der Waals surface area contributed by atoms with E-state index in [1.807, 2.05) is 11.4 Å². The summed E-state index contributed by atoms with van der Waals surface area (Å²) in [6.45, 7) is 2.94. The lowest BCUT2D eigenvalue weighted by molar-refractivity contribution is 1.19. The molecular weight excluding hydrogens is 212 g/mol. The van der Waals surface area contributed by atoms with Crippen LogP contribution < -0.4 is 11.1 Å². The summed E-state index contributed by atoms with van der Waals surface area (Å²) < 4.78 is 0. The Morgan fingerprint density at radius 3 is 2.64 bits per heavy atom. The number of nitrogens with two attached hydrogens (primary N) is 1. The van der Waals surface area contributed by atoms with Crippen LogP contribution in [0, 0.1) is 6.92 Å². The SMILES string of the molecule is Cc1sccc1NCc1sccc1N. The minimum Gasteiger partial charge on any atom is -0.398 e. The molecule has 2 rings (SSSR count). The fraction of sp³-hybridized carbons (Fsp3) is 0.200.